The maximum Gasteiger partial charge on any atom is 0.318 e. The Morgan fingerprint density at radius 1 is 1.06 bits per heavy atom. The van der Waals surface area contributed by atoms with Gasteiger partial charge in [0.25, 0.3) is 0 Å². The predicted octanol–water partition coefficient (Wildman–Crippen LogP) is 5.70. The Labute approximate surface area is 196 Å². The van der Waals surface area contributed by atoms with Crippen LogP contribution in [0.5, 0.6) is 17.4 Å². The highest BCUT2D eigenvalue weighted by atomic mass is 16.5. The molecule has 2 aromatic carbocycles. The molecule has 7 heteroatoms. The Bertz CT molecular complexity index is 1050. The van der Waals surface area contributed by atoms with Gasteiger partial charge in [-0.3, -0.25) is 0 Å². The molecule has 33 heavy (non-hydrogen) atoms. The molecule has 0 aliphatic carbocycles. The van der Waals surface area contributed by atoms with Crippen LogP contribution in [0.1, 0.15) is 45.4 Å². The molecule has 0 fully saturated rings. The number of hydrogen-bond acceptors (Lipinski definition) is 4. The maximum atomic E-state index is 13.0. The molecule has 0 spiro atoms. The normalized spacial score (nSPS) is 11.8. The Morgan fingerprint density at radius 2 is 1.70 bits per heavy atom. The first-order valence-electron chi connectivity index (χ1n) is 11.4. The molecule has 2 amide bonds. The Kier molecular flexibility index (Phi) is 7.98. The number of methoxy groups -OCH3 is 1. The number of nitrogens with zero attached hydrogens (tertiary/aromatic N) is 3. The van der Waals surface area contributed by atoms with Crippen molar-refractivity contribution in [1.29, 1.82) is 0 Å². The van der Waals surface area contributed by atoms with Crippen molar-refractivity contribution in [3.63, 3.8) is 0 Å². The Morgan fingerprint density at radius 3 is 2.27 bits per heavy atom. The van der Waals surface area contributed by atoms with Crippen LogP contribution in [0.15, 0.2) is 54.6 Å². The van der Waals surface area contributed by atoms with E-state index in [0.29, 0.717) is 18.2 Å². The Balaban J connectivity index is 2.05. The van der Waals surface area contributed by atoms with E-state index in [1.807, 2.05) is 80.3 Å². The summed E-state index contributed by atoms with van der Waals surface area (Å²) >= 11 is 0. The Hall–Kier alpha value is -3.48. The molecule has 1 N–H and O–H groups in total. The van der Waals surface area contributed by atoms with Gasteiger partial charge in [0.1, 0.15) is 11.5 Å². The van der Waals surface area contributed by atoms with Gasteiger partial charge in [0.15, 0.2) is 0 Å². The predicted molar refractivity (Wildman–Crippen MR) is 130 cm³/mol. The van der Waals surface area contributed by atoms with E-state index in [1.54, 1.807) is 11.8 Å². The van der Waals surface area contributed by atoms with E-state index in [0.717, 1.165) is 29.1 Å². The number of benzene rings is 2. The number of carbonyl (C=O) groups excluding carboxylic acids is 1. The third-order valence-electron chi connectivity index (χ3n) is 5.54. The number of rotatable bonds is 9. The second-order valence-corrected chi connectivity index (χ2v) is 8.38. The van der Waals surface area contributed by atoms with Crippen molar-refractivity contribution in [3.05, 3.63) is 65.9 Å². The number of hydrogen-bond donors (Lipinski definition) is 1. The second-order valence-electron chi connectivity index (χ2n) is 8.38. The fourth-order valence-electron chi connectivity index (χ4n) is 3.47. The van der Waals surface area contributed by atoms with Crippen LogP contribution in [0.4, 0.5) is 4.79 Å². The van der Waals surface area contributed by atoms with Crippen molar-refractivity contribution in [1.82, 2.24) is 20.0 Å². The molecule has 0 saturated heterocycles. The first kappa shape index (κ1) is 24.2. The molecule has 7 nitrogen and oxygen atoms in total. The topological polar surface area (TPSA) is 68.6 Å². The maximum absolute atomic E-state index is 13.0. The second kappa shape index (κ2) is 10.9. The molecular weight excluding hydrogens is 416 g/mol. The molecule has 0 saturated carbocycles. The van der Waals surface area contributed by atoms with Gasteiger partial charge in [-0.15, -0.1) is 0 Å². The number of carbonyl (C=O) groups is 1. The third kappa shape index (κ3) is 5.86. The lowest BCUT2D eigenvalue weighted by Crippen LogP contribution is -2.46. The van der Waals surface area contributed by atoms with Gasteiger partial charge < -0.3 is 19.7 Å². The minimum Gasteiger partial charge on any atom is -0.497 e. The van der Waals surface area contributed by atoms with Crippen molar-refractivity contribution in [2.75, 3.05) is 7.11 Å². The quantitative estimate of drug-likeness (QED) is 0.454. The number of aryl methyl sites for hydroxylation is 1. The molecular formula is C26H34N4O3. The van der Waals surface area contributed by atoms with E-state index in [9.17, 15) is 4.79 Å². The molecule has 0 radical (unpaired) electrons. The average molecular weight is 451 g/mol. The summed E-state index contributed by atoms with van der Waals surface area (Å²) in [6.07, 6.45) is 0.839. The fraction of sp³-hybridized carbons (Fsp3) is 0.385. The number of para-hydroxylation sites is 1. The first-order chi connectivity index (χ1) is 15.8. The van der Waals surface area contributed by atoms with E-state index in [4.69, 9.17) is 14.6 Å². The van der Waals surface area contributed by atoms with Crippen LogP contribution in [0.2, 0.25) is 0 Å². The van der Waals surface area contributed by atoms with Crippen LogP contribution >= 0.6 is 0 Å². The largest absolute Gasteiger partial charge is 0.497 e. The van der Waals surface area contributed by atoms with Crippen molar-refractivity contribution in [2.24, 2.45) is 0 Å². The van der Waals surface area contributed by atoms with Crippen LogP contribution in [-0.4, -0.2) is 39.9 Å². The monoisotopic (exact) mass is 450 g/mol. The molecule has 3 aromatic rings. The number of nitrogens with one attached hydrogen (secondary N) is 1. The van der Waals surface area contributed by atoms with Crippen molar-refractivity contribution in [3.8, 4) is 23.1 Å². The van der Waals surface area contributed by atoms with E-state index in [-0.39, 0.29) is 18.1 Å². The standard InChI is InChI=1S/C26H34N4O3/c1-7-19(4)29(26(31)27-18(2)3)17-24-20(5)28-30(21-11-9-8-10-12-21)25(24)33-23-15-13-22(32-6)14-16-23/h8-16,18-19H,7,17H2,1-6H3,(H,27,31)/t19-/m0/s1. The highest BCUT2D eigenvalue weighted by Crippen LogP contribution is 2.33. The molecule has 3 rings (SSSR count). The van der Waals surface area contributed by atoms with Crippen molar-refractivity contribution >= 4 is 6.03 Å². The summed E-state index contributed by atoms with van der Waals surface area (Å²) in [5.41, 5.74) is 2.57. The smallest absolute Gasteiger partial charge is 0.318 e. The highest BCUT2D eigenvalue weighted by Gasteiger charge is 2.26. The lowest BCUT2D eigenvalue weighted by atomic mass is 10.1. The zero-order valence-electron chi connectivity index (χ0n) is 20.3. The average Bonchev–Trinajstić information content (AvgIpc) is 3.12. The SMILES string of the molecule is CC[C@H](C)N(Cc1c(C)nn(-c2ccccc2)c1Oc1ccc(OC)cc1)C(=O)NC(C)C. The summed E-state index contributed by atoms with van der Waals surface area (Å²) in [6.45, 7) is 10.4. The van der Waals surface area contributed by atoms with Gasteiger partial charge in [-0.2, -0.15) is 5.10 Å². The van der Waals surface area contributed by atoms with Gasteiger partial charge in [0, 0.05) is 12.1 Å². The third-order valence-corrected chi connectivity index (χ3v) is 5.54. The van der Waals surface area contributed by atoms with Gasteiger partial charge >= 0.3 is 6.03 Å². The van der Waals surface area contributed by atoms with Gasteiger partial charge in [-0.05, 0) is 70.5 Å². The number of amides is 2. The number of aromatic nitrogens is 2. The molecule has 0 bridgehead atoms. The zero-order valence-corrected chi connectivity index (χ0v) is 20.3. The van der Waals surface area contributed by atoms with Crippen molar-refractivity contribution < 1.29 is 14.3 Å². The van der Waals surface area contributed by atoms with Crippen LogP contribution < -0.4 is 14.8 Å². The summed E-state index contributed by atoms with van der Waals surface area (Å²) in [6, 6.07) is 17.3. The van der Waals surface area contributed by atoms with E-state index in [2.05, 4.69) is 19.2 Å². The minimum absolute atomic E-state index is 0.0483. The molecule has 0 aliphatic heterocycles. The number of ether oxygens (including phenoxy) is 2. The highest BCUT2D eigenvalue weighted by molar-refractivity contribution is 5.75. The van der Waals surface area contributed by atoms with Crippen molar-refractivity contribution in [2.45, 2.75) is 59.7 Å². The number of urea groups is 1. The van der Waals surface area contributed by atoms with Crippen LogP contribution in [-0.2, 0) is 6.54 Å². The summed E-state index contributed by atoms with van der Waals surface area (Å²) in [7, 11) is 1.63. The van der Waals surface area contributed by atoms with E-state index < -0.39 is 0 Å². The molecule has 1 heterocycles. The molecule has 1 aromatic heterocycles. The molecule has 0 aliphatic rings. The lowest BCUT2D eigenvalue weighted by Gasteiger charge is -2.30. The summed E-state index contributed by atoms with van der Waals surface area (Å²) < 4.78 is 13.4. The van der Waals surface area contributed by atoms with E-state index in [1.165, 1.54) is 0 Å². The van der Waals surface area contributed by atoms with Crippen LogP contribution in [0.3, 0.4) is 0 Å². The molecule has 1 atom stereocenters. The summed E-state index contributed by atoms with van der Waals surface area (Å²) in [5.74, 6) is 2.01. The van der Waals surface area contributed by atoms with Crippen LogP contribution in [0.25, 0.3) is 5.69 Å². The lowest BCUT2D eigenvalue weighted by molar-refractivity contribution is 0.170. The van der Waals surface area contributed by atoms with Crippen LogP contribution in [0, 0.1) is 6.92 Å². The minimum atomic E-state index is -0.0957. The van der Waals surface area contributed by atoms with Gasteiger partial charge in [-0.1, -0.05) is 25.1 Å². The van der Waals surface area contributed by atoms with Gasteiger partial charge in [-0.25, -0.2) is 9.48 Å². The molecule has 0 unspecified atom stereocenters. The fourth-order valence-corrected chi connectivity index (χ4v) is 3.47. The molecule has 176 valence electrons. The van der Waals surface area contributed by atoms with Gasteiger partial charge in [0.05, 0.1) is 30.6 Å². The van der Waals surface area contributed by atoms with Gasteiger partial charge in [0.2, 0.25) is 5.88 Å². The summed E-state index contributed by atoms with van der Waals surface area (Å²) in [4.78, 5) is 14.9. The first-order valence-corrected chi connectivity index (χ1v) is 11.4. The van der Waals surface area contributed by atoms with E-state index >= 15 is 0 Å². The summed E-state index contributed by atoms with van der Waals surface area (Å²) in [5, 5.41) is 7.80. The zero-order chi connectivity index (χ0) is 24.0.